The van der Waals surface area contributed by atoms with Gasteiger partial charge in [0.25, 0.3) is 6.43 Å². The van der Waals surface area contributed by atoms with Gasteiger partial charge < -0.3 is 5.73 Å². The molecule has 0 saturated heterocycles. The summed E-state index contributed by atoms with van der Waals surface area (Å²) in [4.78, 5) is 2.05. The second kappa shape index (κ2) is 6.21. The topological polar surface area (TPSA) is 29.3 Å². The predicted molar refractivity (Wildman–Crippen MR) is 54.1 cm³/mol. The standard InChI is InChI=1S/C8H16F2N2S/c1-6(2)12(5-7(9)10)4-3-8(11)13/h6-7H,3-5H2,1-2H3,(H2,11,13). The van der Waals surface area contributed by atoms with Gasteiger partial charge in [0.05, 0.1) is 11.5 Å². The van der Waals surface area contributed by atoms with Crippen LogP contribution in [0, 0.1) is 0 Å². The maximum absolute atomic E-state index is 12.1. The van der Waals surface area contributed by atoms with Crippen molar-refractivity contribution in [1.82, 2.24) is 4.90 Å². The Morgan fingerprint density at radius 1 is 1.46 bits per heavy atom. The Labute approximate surface area is 83.1 Å². The molecule has 0 bridgehead atoms. The van der Waals surface area contributed by atoms with Crippen LogP contribution >= 0.6 is 12.2 Å². The Balaban J connectivity index is 3.87. The van der Waals surface area contributed by atoms with Crippen LogP contribution in [0.5, 0.6) is 0 Å². The van der Waals surface area contributed by atoms with Gasteiger partial charge in [-0.3, -0.25) is 4.90 Å². The molecular weight excluding hydrogens is 194 g/mol. The summed E-state index contributed by atoms with van der Waals surface area (Å²) in [5, 5.41) is 0. The lowest BCUT2D eigenvalue weighted by atomic mass is 10.3. The number of alkyl halides is 2. The summed E-state index contributed by atoms with van der Waals surface area (Å²) in [5.41, 5.74) is 5.29. The van der Waals surface area contributed by atoms with E-state index in [1.165, 1.54) is 0 Å². The largest absolute Gasteiger partial charge is 0.393 e. The summed E-state index contributed by atoms with van der Waals surface area (Å²) in [6, 6.07) is 0.100. The molecule has 0 spiro atoms. The number of nitrogens with zero attached hydrogens (tertiary/aromatic N) is 1. The normalized spacial score (nSPS) is 11.6. The SMILES string of the molecule is CC(C)N(CCC(N)=S)CC(F)F. The van der Waals surface area contributed by atoms with Crippen LogP contribution in [0.1, 0.15) is 20.3 Å². The number of thiocarbonyl (C=S) groups is 1. The lowest BCUT2D eigenvalue weighted by Crippen LogP contribution is -2.37. The Hall–Kier alpha value is -0.290. The molecule has 0 aromatic carbocycles. The molecule has 78 valence electrons. The van der Waals surface area contributed by atoms with Crippen LogP contribution in [0.15, 0.2) is 0 Å². The van der Waals surface area contributed by atoms with Gasteiger partial charge in [-0.2, -0.15) is 0 Å². The summed E-state index contributed by atoms with van der Waals surface area (Å²) in [7, 11) is 0. The van der Waals surface area contributed by atoms with Gasteiger partial charge in [-0.15, -0.1) is 0 Å². The third-order valence-electron chi connectivity index (χ3n) is 1.75. The molecule has 0 aromatic rings. The van der Waals surface area contributed by atoms with Gasteiger partial charge in [-0.05, 0) is 13.8 Å². The van der Waals surface area contributed by atoms with Crippen molar-refractivity contribution in [2.75, 3.05) is 13.1 Å². The van der Waals surface area contributed by atoms with Crippen molar-refractivity contribution in [2.24, 2.45) is 5.73 Å². The van der Waals surface area contributed by atoms with Crippen LogP contribution in [0.3, 0.4) is 0 Å². The molecule has 13 heavy (non-hydrogen) atoms. The Morgan fingerprint density at radius 3 is 2.31 bits per heavy atom. The van der Waals surface area contributed by atoms with Gasteiger partial charge in [0.1, 0.15) is 0 Å². The zero-order valence-corrected chi connectivity index (χ0v) is 8.78. The Bertz CT molecular complexity index is 162. The molecule has 0 aliphatic heterocycles. The number of rotatable bonds is 6. The van der Waals surface area contributed by atoms with Crippen molar-refractivity contribution in [2.45, 2.75) is 32.7 Å². The molecule has 0 amide bonds. The number of nitrogens with two attached hydrogens (primary N) is 1. The van der Waals surface area contributed by atoms with Crippen LogP contribution in [-0.4, -0.2) is 35.4 Å². The Kier molecular flexibility index (Phi) is 6.07. The first-order chi connectivity index (χ1) is 5.93. The van der Waals surface area contributed by atoms with E-state index in [9.17, 15) is 8.78 Å². The molecular formula is C8H16F2N2S. The highest BCUT2D eigenvalue weighted by Gasteiger charge is 2.14. The first kappa shape index (κ1) is 12.7. The van der Waals surface area contributed by atoms with Gasteiger partial charge in [-0.1, -0.05) is 12.2 Å². The summed E-state index contributed by atoms with van der Waals surface area (Å²) in [5.74, 6) is 0. The zero-order chi connectivity index (χ0) is 10.4. The number of hydrogen-bond acceptors (Lipinski definition) is 2. The van der Waals surface area contributed by atoms with Crippen molar-refractivity contribution in [3.63, 3.8) is 0 Å². The summed E-state index contributed by atoms with van der Waals surface area (Å²) in [6.07, 6.45) is -1.80. The van der Waals surface area contributed by atoms with Crippen molar-refractivity contribution >= 4 is 17.2 Å². The minimum absolute atomic E-state index is 0.100. The average Bonchev–Trinajstić information content (AvgIpc) is 1.96. The van der Waals surface area contributed by atoms with Crippen LogP contribution in [0.2, 0.25) is 0 Å². The van der Waals surface area contributed by atoms with Crippen LogP contribution in [0.25, 0.3) is 0 Å². The van der Waals surface area contributed by atoms with Gasteiger partial charge >= 0.3 is 0 Å². The van der Waals surface area contributed by atoms with E-state index in [0.717, 1.165) is 0 Å². The van der Waals surface area contributed by atoms with Gasteiger partial charge in [0.2, 0.25) is 0 Å². The first-order valence-corrected chi connectivity index (χ1v) is 4.64. The fourth-order valence-corrected chi connectivity index (χ4v) is 1.08. The fraction of sp³-hybridized carbons (Fsp3) is 0.875. The van der Waals surface area contributed by atoms with E-state index < -0.39 is 6.43 Å². The van der Waals surface area contributed by atoms with E-state index in [-0.39, 0.29) is 12.6 Å². The van der Waals surface area contributed by atoms with E-state index in [1.54, 1.807) is 4.90 Å². The quantitative estimate of drug-likeness (QED) is 0.676. The van der Waals surface area contributed by atoms with Crippen molar-refractivity contribution < 1.29 is 8.78 Å². The maximum Gasteiger partial charge on any atom is 0.251 e. The third kappa shape index (κ3) is 6.83. The lowest BCUT2D eigenvalue weighted by molar-refractivity contribution is 0.0748. The summed E-state index contributed by atoms with van der Waals surface area (Å²) >= 11 is 4.68. The van der Waals surface area contributed by atoms with Gasteiger partial charge in [0, 0.05) is 19.0 Å². The molecule has 5 heteroatoms. The highest BCUT2D eigenvalue weighted by Crippen LogP contribution is 2.04. The Morgan fingerprint density at radius 2 is 2.00 bits per heavy atom. The maximum atomic E-state index is 12.1. The van der Waals surface area contributed by atoms with E-state index in [2.05, 4.69) is 12.2 Å². The highest BCUT2D eigenvalue weighted by molar-refractivity contribution is 7.80. The molecule has 0 atom stereocenters. The summed E-state index contributed by atoms with van der Waals surface area (Å²) < 4.78 is 24.1. The van der Waals surface area contributed by atoms with E-state index in [1.807, 2.05) is 13.8 Å². The molecule has 0 aliphatic rings. The first-order valence-electron chi connectivity index (χ1n) is 4.24. The van der Waals surface area contributed by atoms with Gasteiger partial charge in [-0.25, -0.2) is 8.78 Å². The second-order valence-corrected chi connectivity index (χ2v) is 3.72. The number of halogens is 2. The molecule has 0 fully saturated rings. The fourth-order valence-electron chi connectivity index (χ4n) is 0.991. The molecule has 2 N–H and O–H groups in total. The third-order valence-corrected chi connectivity index (χ3v) is 1.95. The molecule has 0 aliphatic carbocycles. The molecule has 0 rings (SSSR count). The monoisotopic (exact) mass is 210 g/mol. The molecule has 0 radical (unpaired) electrons. The van der Waals surface area contributed by atoms with Crippen LogP contribution in [0.4, 0.5) is 8.78 Å². The predicted octanol–water partition coefficient (Wildman–Crippen LogP) is 1.64. The van der Waals surface area contributed by atoms with Crippen molar-refractivity contribution in [3.8, 4) is 0 Å². The smallest absolute Gasteiger partial charge is 0.251 e. The molecule has 0 aromatic heterocycles. The van der Waals surface area contributed by atoms with E-state index in [4.69, 9.17) is 5.73 Å². The highest BCUT2D eigenvalue weighted by atomic mass is 32.1. The minimum Gasteiger partial charge on any atom is -0.393 e. The van der Waals surface area contributed by atoms with E-state index >= 15 is 0 Å². The summed E-state index contributed by atoms with van der Waals surface area (Å²) in [6.45, 7) is 4.06. The molecule has 0 heterocycles. The van der Waals surface area contributed by atoms with Crippen molar-refractivity contribution in [1.29, 1.82) is 0 Å². The number of hydrogen-bond donors (Lipinski definition) is 1. The average molecular weight is 210 g/mol. The minimum atomic E-state index is -2.30. The second-order valence-electron chi connectivity index (χ2n) is 3.20. The zero-order valence-electron chi connectivity index (χ0n) is 7.96. The molecule has 2 nitrogen and oxygen atoms in total. The van der Waals surface area contributed by atoms with E-state index in [0.29, 0.717) is 18.0 Å². The lowest BCUT2D eigenvalue weighted by Gasteiger charge is -2.25. The van der Waals surface area contributed by atoms with Gasteiger partial charge in [0.15, 0.2) is 0 Å². The molecule has 0 saturated carbocycles. The van der Waals surface area contributed by atoms with Crippen LogP contribution < -0.4 is 5.73 Å². The van der Waals surface area contributed by atoms with Crippen LogP contribution in [-0.2, 0) is 0 Å². The molecule has 0 unspecified atom stereocenters. The van der Waals surface area contributed by atoms with Crippen molar-refractivity contribution in [3.05, 3.63) is 0 Å².